The minimum Gasteiger partial charge on any atom is -0.360 e. The van der Waals surface area contributed by atoms with Gasteiger partial charge < -0.3 is 9.42 Å². The molecular weight excluding hydrogens is 333 g/mol. The standard InChI is InChI=1S/C17H17F3N4O/c1-10(2)16-22-15(23-25-16)14-4-3-7-24(14)13-6-5-12(17(18,19)20)8-11(13)9-21/h5-6,8,10,14H,3-4,7H2,1-2H3. The van der Waals surface area contributed by atoms with Crippen molar-refractivity contribution in [2.75, 3.05) is 11.4 Å². The summed E-state index contributed by atoms with van der Waals surface area (Å²) in [5.41, 5.74) is -0.367. The Morgan fingerprint density at radius 3 is 2.72 bits per heavy atom. The van der Waals surface area contributed by atoms with Crippen LogP contribution < -0.4 is 4.90 Å². The lowest BCUT2D eigenvalue weighted by molar-refractivity contribution is -0.137. The molecule has 0 aliphatic carbocycles. The number of rotatable bonds is 3. The quantitative estimate of drug-likeness (QED) is 0.819. The Balaban J connectivity index is 1.96. The van der Waals surface area contributed by atoms with Crippen molar-refractivity contribution >= 4 is 5.69 Å². The van der Waals surface area contributed by atoms with E-state index >= 15 is 0 Å². The summed E-state index contributed by atoms with van der Waals surface area (Å²) < 4.78 is 43.9. The molecule has 5 nitrogen and oxygen atoms in total. The van der Waals surface area contributed by atoms with Crippen molar-refractivity contribution in [3.05, 3.63) is 41.0 Å². The van der Waals surface area contributed by atoms with E-state index in [0.29, 0.717) is 23.9 Å². The molecule has 0 spiro atoms. The van der Waals surface area contributed by atoms with E-state index in [0.717, 1.165) is 25.0 Å². The Hall–Kier alpha value is -2.56. The maximum absolute atomic E-state index is 12.9. The molecular formula is C17H17F3N4O. The number of hydrogen-bond donors (Lipinski definition) is 0. The fourth-order valence-corrected chi connectivity index (χ4v) is 2.99. The second-order valence-corrected chi connectivity index (χ2v) is 6.34. The van der Waals surface area contributed by atoms with E-state index in [1.165, 1.54) is 6.07 Å². The number of aromatic nitrogens is 2. The van der Waals surface area contributed by atoms with E-state index in [2.05, 4.69) is 10.1 Å². The number of alkyl halides is 3. The smallest absolute Gasteiger partial charge is 0.360 e. The van der Waals surface area contributed by atoms with Crippen molar-refractivity contribution in [2.24, 2.45) is 0 Å². The Morgan fingerprint density at radius 2 is 2.12 bits per heavy atom. The number of nitriles is 1. The van der Waals surface area contributed by atoms with Gasteiger partial charge in [-0.1, -0.05) is 19.0 Å². The maximum atomic E-state index is 12.9. The summed E-state index contributed by atoms with van der Waals surface area (Å²) >= 11 is 0. The zero-order valence-electron chi connectivity index (χ0n) is 13.8. The summed E-state index contributed by atoms with van der Waals surface area (Å²) in [5.74, 6) is 1.12. The van der Waals surface area contributed by atoms with E-state index in [1.54, 1.807) is 0 Å². The summed E-state index contributed by atoms with van der Waals surface area (Å²) in [6.07, 6.45) is -2.89. The topological polar surface area (TPSA) is 66.0 Å². The third-order valence-corrected chi connectivity index (χ3v) is 4.26. The van der Waals surface area contributed by atoms with E-state index in [9.17, 15) is 18.4 Å². The van der Waals surface area contributed by atoms with Crippen molar-refractivity contribution < 1.29 is 17.7 Å². The van der Waals surface area contributed by atoms with E-state index < -0.39 is 11.7 Å². The lowest BCUT2D eigenvalue weighted by Gasteiger charge is -2.26. The molecule has 1 atom stereocenters. The molecule has 1 fully saturated rings. The number of benzene rings is 1. The van der Waals surface area contributed by atoms with Gasteiger partial charge in [0.05, 0.1) is 22.9 Å². The second kappa shape index (κ2) is 6.39. The number of anilines is 1. The van der Waals surface area contributed by atoms with Crippen LogP contribution in [0.2, 0.25) is 0 Å². The van der Waals surface area contributed by atoms with Crippen LogP contribution in [0.15, 0.2) is 22.7 Å². The third-order valence-electron chi connectivity index (χ3n) is 4.26. The fraction of sp³-hybridized carbons (Fsp3) is 0.471. The maximum Gasteiger partial charge on any atom is 0.416 e. The van der Waals surface area contributed by atoms with Crippen LogP contribution in [0.1, 0.15) is 61.5 Å². The van der Waals surface area contributed by atoms with Gasteiger partial charge in [0, 0.05) is 12.5 Å². The molecule has 8 heteroatoms. The van der Waals surface area contributed by atoms with E-state index in [-0.39, 0.29) is 17.5 Å². The number of nitrogens with zero attached hydrogens (tertiary/aromatic N) is 4. The monoisotopic (exact) mass is 350 g/mol. The molecule has 25 heavy (non-hydrogen) atoms. The molecule has 132 valence electrons. The highest BCUT2D eigenvalue weighted by Crippen LogP contribution is 2.39. The van der Waals surface area contributed by atoms with Gasteiger partial charge in [0.15, 0.2) is 5.82 Å². The van der Waals surface area contributed by atoms with Crippen LogP contribution in [0, 0.1) is 11.3 Å². The second-order valence-electron chi connectivity index (χ2n) is 6.34. The first kappa shape index (κ1) is 17.3. The minimum atomic E-state index is -4.48. The molecule has 1 aliphatic rings. The predicted octanol–water partition coefficient (Wildman–Crippen LogP) is 4.42. The SMILES string of the molecule is CC(C)c1nc(C2CCCN2c2ccc(C(F)(F)F)cc2C#N)no1. The normalized spacial score (nSPS) is 18.0. The third kappa shape index (κ3) is 3.31. The highest BCUT2D eigenvalue weighted by molar-refractivity contribution is 5.62. The van der Waals surface area contributed by atoms with Crippen molar-refractivity contribution in [1.82, 2.24) is 10.1 Å². The van der Waals surface area contributed by atoms with Gasteiger partial charge in [0.1, 0.15) is 6.07 Å². The summed E-state index contributed by atoms with van der Waals surface area (Å²) in [6.45, 7) is 4.50. The largest absolute Gasteiger partial charge is 0.416 e. The summed E-state index contributed by atoms with van der Waals surface area (Å²) in [6, 6.07) is 4.91. The molecule has 1 saturated heterocycles. The van der Waals surface area contributed by atoms with Crippen LogP contribution in [0.5, 0.6) is 0 Å². The van der Waals surface area contributed by atoms with Gasteiger partial charge >= 0.3 is 6.18 Å². The highest BCUT2D eigenvalue weighted by Gasteiger charge is 2.34. The predicted molar refractivity (Wildman–Crippen MR) is 83.9 cm³/mol. The lowest BCUT2D eigenvalue weighted by Crippen LogP contribution is -2.24. The first-order valence-electron chi connectivity index (χ1n) is 8.02. The molecule has 1 aromatic heterocycles. The first-order chi connectivity index (χ1) is 11.8. The summed E-state index contributed by atoms with van der Waals surface area (Å²) in [4.78, 5) is 6.28. The van der Waals surface area contributed by atoms with Crippen molar-refractivity contribution in [1.29, 1.82) is 5.26 Å². The van der Waals surface area contributed by atoms with Gasteiger partial charge in [-0.05, 0) is 31.0 Å². The van der Waals surface area contributed by atoms with Gasteiger partial charge in [-0.3, -0.25) is 0 Å². The summed E-state index contributed by atoms with van der Waals surface area (Å²) in [5, 5.41) is 13.3. The van der Waals surface area contributed by atoms with Crippen LogP contribution in [0.4, 0.5) is 18.9 Å². The Labute approximate surface area is 143 Å². The first-order valence-corrected chi connectivity index (χ1v) is 8.02. The molecule has 1 unspecified atom stereocenters. The number of hydrogen-bond acceptors (Lipinski definition) is 5. The van der Waals surface area contributed by atoms with Crippen molar-refractivity contribution in [3.63, 3.8) is 0 Å². The van der Waals surface area contributed by atoms with Gasteiger partial charge in [-0.2, -0.15) is 23.4 Å². The molecule has 0 amide bonds. The van der Waals surface area contributed by atoms with Gasteiger partial charge in [-0.25, -0.2) is 0 Å². The minimum absolute atomic E-state index is 0.00528. The Kier molecular flexibility index (Phi) is 4.41. The van der Waals surface area contributed by atoms with Gasteiger partial charge in [0.25, 0.3) is 0 Å². The van der Waals surface area contributed by atoms with E-state index in [4.69, 9.17) is 4.52 Å². The molecule has 2 aromatic rings. The van der Waals surface area contributed by atoms with Crippen molar-refractivity contribution in [3.8, 4) is 6.07 Å². The average molecular weight is 350 g/mol. The molecule has 0 radical (unpaired) electrons. The zero-order valence-corrected chi connectivity index (χ0v) is 13.8. The molecule has 3 rings (SSSR count). The van der Waals surface area contributed by atoms with Crippen LogP contribution in [0.3, 0.4) is 0 Å². The lowest BCUT2D eigenvalue weighted by atomic mass is 10.1. The van der Waals surface area contributed by atoms with Crippen LogP contribution in [0.25, 0.3) is 0 Å². The van der Waals surface area contributed by atoms with Gasteiger partial charge in [0.2, 0.25) is 5.89 Å². The van der Waals surface area contributed by atoms with Gasteiger partial charge in [-0.15, -0.1) is 0 Å². The molecule has 2 heterocycles. The van der Waals surface area contributed by atoms with Crippen LogP contribution >= 0.6 is 0 Å². The highest BCUT2D eigenvalue weighted by atomic mass is 19.4. The molecule has 0 N–H and O–H groups in total. The van der Waals surface area contributed by atoms with Crippen molar-refractivity contribution in [2.45, 2.75) is 44.8 Å². The number of halogens is 3. The molecule has 1 aliphatic heterocycles. The Bertz CT molecular complexity index is 807. The average Bonchev–Trinajstić information content (AvgIpc) is 3.22. The summed E-state index contributed by atoms with van der Waals surface area (Å²) in [7, 11) is 0. The molecule has 0 bridgehead atoms. The fourth-order valence-electron chi connectivity index (χ4n) is 2.99. The van der Waals surface area contributed by atoms with E-state index in [1.807, 2.05) is 24.8 Å². The van der Waals surface area contributed by atoms with Crippen LogP contribution in [-0.4, -0.2) is 16.7 Å². The van der Waals surface area contributed by atoms with Crippen LogP contribution in [-0.2, 0) is 6.18 Å². The molecule has 1 aromatic carbocycles. The zero-order chi connectivity index (χ0) is 18.2. The molecule has 0 saturated carbocycles. The Morgan fingerprint density at radius 1 is 1.36 bits per heavy atom.